The standard InChI is InChI=1S/C5H6N2O2/c1-3-4(2-8)5(6)9-7-3/h2H,6H2,1H3. The molecule has 0 amide bonds. The van der Waals surface area contributed by atoms with Gasteiger partial charge < -0.3 is 10.3 Å². The number of aldehydes is 1. The number of carbonyl (C=O) groups is 1. The third kappa shape index (κ3) is 0.782. The van der Waals surface area contributed by atoms with Gasteiger partial charge in [0.05, 0.1) is 5.69 Å². The summed E-state index contributed by atoms with van der Waals surface area (Å²) in [6.07, 6.45) is 0.626. The monoisotopic (exact) mass is 126 g/mol. The molecule has 4 heteroatoms. The van der Waals surface area contributed by atoms with E-state index in [4.69, 9.17) is 5.73 Å². The Balaban J connectivity index is 3.22. The van der Waals surface area contributed by atoms with E-state index in [1.807, 2.05) is 0 Å². The van der Waals surface area contributed by atoms with Crippen molar-refractivity contribution < 1.29 is 9.32 Å². The lowest BCUT2D eigenvalue weighted by Gasteiger charge is -1.79. The van der Waals surface area contributed by atoms with Crippen LogP contribution in [0.1, 0.15) is 16.1 Å². The quantitative estimate of drug-likeness (QED) is 0.552. The third-order valence-electron chi connectivity index (χ3n) is 1.05. The highest BCUT2D eigenvalue weighted by atomic mass is 16.5. The molecule has 0 atom stereocenters. The van der Waals surface area contributed by atoms with E-state index in [9.17, 15) is 4.79 Å². The highest BCUT2D eigenvalue weighted by molar-refractivity contribution is 5.82. The number of nitrogens with zero attached hydrogens (tertiary/aromatic N) is 1. The molecule has 4 nitrogen and oxygen atoms in total. The molecule has 0 bridgehead atoms. The number of nitrogens with two attached hydrogens (primary N) is 1. The topological polar surface area (TPSA) is 69.1 Å². The lowest BCUT2D eigenvalue weighted by molar-refractivity contribution is 0.112. The van der Waals surface area contributed by atoms with Gasteiger partial charge in [0.1, 0.15) is 5.56 Å². The highest BCUT2D eigenvalue weighted by Gasteiger charge is 2.06. The van der Waals surface area contributed by atoms with Crippen LogP contribution in [0.2, 0.25) is 0 Å². The van der Waals surface area contributed by atoms with Crippen LogP contribution in [0.4, 0.5) is 5.88 Å². The zero-order chi connectivity index (χ0) is 6.85. The fourth-order valence-corrected chi connectivity index (χ4v) is 0.538. The van der Waals surface area contributed by atoms with Crippen LogP contribution < -0.4 is 5.73 Å². The summed E-state index contributed by atoms with van der Waals surface area (Å²) in [4.78, 5) is 10.1. The van der Waals surface area contributed by atoms with Crippen molar-refractivity contribution in [2.45, 2.75) is 6.92 Å². The van der Waals surface area contributed by atoms with Crippen molar-refractivity contribution in [1.82, 2.24) is 5.16 Å². The lowest BCUT2D eigenvalue weighted by atomic mass is 10.3. The van der Waals surface area contributed by atoms with Crippen LogP contribution in [0.25, 0.3) is 0 Å². The van der Waals surface area contributed by atoms with Gasteiger partial charge in [-0.2, -0.15) is 0 Å². The Morgan fingerprint density at radius 2 is 2.44 bits per heavy atom. The summed E-state index contributed by atoms with van der Waals surface area (Å²) in [5.74, 6) is 0.0856. The summed E-state index contributed by atoms with van der Waals surface area (Å²) in [6.45, 7) is 1.66. The Hall–Kier alpha value is -1.32. The molecule has 0 aliphatic rings. The number of anilines is 1. The second kappa shape index (κ2) is 1.89. The first-order valence-electron chi connectivity index (χ1n) is 2.42. The molecule has 0 radical (unpaired) electrons. The van der Waals surface area contributed by atoms with Crippen molar-refractivity contribution in [3.05, 3.63) is 11.3 Å². The van der Waals surface area contributed by atoms with Crippen LogP contribution in [0, 0.1) is 6.92 Å². The van der Waals surface area contributed by atoms with Crippen LogP contribution in [-0.2, 0) is 0 Å². The Morgan fingerprint density at radius 1 is 1.78 bits per heavy atom. The third-order valence-corrected chi connectivity index (χ3v) is 1.05. The molecule has 0 spiro atoms. The predicted molar refractivity (Wildman–Crippen MR) is 31.0 cm³/mol. The van der Waals surface area contributed by atoms with Gasteiger partial charge in [-0.1, -0.05) is 5.16 Å². The van der Waals surface area contributed by atoms with Gasteiger partial charge in [0.25, 0.3) is 0 Å². The molecule has 1 aromatic rings. The van der Waals surface area contributed by atoms with Gasteiger partial charge in [0, 0.05) is 0 Å². The molecule has 1 aromatic heterocycles. The minimum atomic E-state index is 0.0856. The molecule has 1 heterocycles. The minimum Gasteiger partial charge on any atom is -0.367 e. The minimum absolute atomic E-state index is 0.0856. The number of hydrogen-bond acceptors (Lipinski definition) is 4. The van der Waals surface area contributed by atoms with E-state index >= 15 is 0 Å². The van der Waals surface area contributed by atoms with Crippen molar-refractivity contribution in [3.63, 3.8) is 0 Å². The normalized spacial score (nSPS) is 9.44. The molecule has 0 saturated heterocycles. The molecular formula is C5H6N2O2. The van der Waals surface area contributed by atoms with Gasteiger partial charge in [-0.15, -0.1) is 0 Å². The molecular weight excluding hydrogens is 120 g/mol. The summed E-state index contributed by atoms with van der Waals surface area (Å²) in [5.41, 5.74) is 6.06. The van der Waals surface area contributed by atoms with Gasteiger partial charge in [0.2, 0.25) is 5.88 Å². The number of nitrogen functional groups attached to an aromatic ring is 1. The second-order valence-electron chi connectivity index (χ2n) is 1.66. The number of carbonyl (C=O) groups excluding carboxylic acids is 1. The summed E-state index contributed by atoms with van der Waals surface area (Å²) in [7, 11) is 0. The van der Waals surface area contributed by atoms with Gasteiger partial charge in [0.15, 0.2) is 6.29 Å². The molecule has 1 rings (SSSR count). The van der Waals surface area contributed by atoms with Crippen LogP contribution in [0.15, 0.2) is 4.52 Å². The maximum absolute atomic E-state index is 10.1. The maximum Gasteiger partial charge on any atom is 0.232 e. The molecule has 0 saturated carbocycles. The van der Waals surface area contributed by atoms with Crippen molar-refractivity contribution in [3.8, 4) is 0 Å². The van der Waals surface area contributed by atoms with Crippen molar-refractivity contribution in [2.24, 2.45) is 0 Å². The van der Waals surface area contributed by atoms with Gasteiger partial charge in [-0.05, 0) is 6.92 Å². The van der Waals surface area contributed by atoms with E-state index < -0.39 is 0 Å². The summed E-state index contributed by atoms with van der Waals surface area (Å²) in [5, 5.41) is 3.46. The maximum atomic E-state index is 10.1. The zero-order valence-electron chi connectivity index (χ0n) is 4.92. The Kier molecular flexibility index (Phi) is 1.22. The fraction of sp³-hybridized carbons (Fsp3) is 0.200. The number of aromatic nitrogens is 1. The largest absolute Gasteiger partial charge is 0.367 e. The molecule has 0 fully saturated rings. The Morgan fingerprint density at radius 3 is 2.67 bits per heavy atom. The van der Waals surface area contributed by atoms with E-state index in [0.29, 0.717) is 17.5 Å². The molecule has 0 aliphatic carbocycles. The number of aryl methyl sites for hydroxylation is 1. The van der Waals surface area contributed by atoms with Crippen molar-refractivity contribution in [2.75, 3.05) is 5.73 Å². The van der Waals surface area contributed by atoms with Crippen molar-refractivity contribution in [1.29, 1.82) is 0 Å². The van der Waals surface area contributed by atoms with E-state index in [1.54, 1.807) is 6.92 Å². The first kappa shape index (κ1) is 5.81. The first-order valence-corrected chi connectivity index (χ1v) is 2.42. The van der Waals surface area contributed by atoms with Gasteiger partial charge in [-0.3, -0.25) is 4.79 Å². The lowest BCUT2D eigenvalue weighted by Crippen LogP contribution is -1.87. The van der Waals surface area contributed by atoms with Crippen LogP contribution in [-0.4, -0.2) is 11.4 Å². The second-order valence-corrected chi connectivity index (χ2v) is 1.66. The van der Waals surface area contributed by atoms with E-state index in [2.05, 4.69) is 9.68 Å². The Bertz CT molecular complexity index is 209. The predicted octanol–water partition coefficient (Wildman–Crippen LogP) is 0.378. The average Bonchev–Trinajstić information content (AvgIpc) is 2.12. The SMILES string of the molecule is Cc1noc(N)c1C=O. The highest BCUT2D eigenvalue weighted by Crippen LogP contribution is 2.11. The molecule has 48 valence electrons. The zero-order valence-corrected chi connectivity index (χ0v) is 4.92. The smallest absolute Gasteiger partial charge is 0.232 e. The number of hydrogen-bond donors (Lipinski definition) is 1. The Labute approximate surface area is 51.6 Å². The van der Waals surface area contributed by atoms with E-state index in [1.165, 1.54) is 0 Å². The van der Waals surface area contributed by atoms with Crippen LogP contribution >= 0.6 is 0 Å². The molecule has 0 aromatic carbocycles. The van der Waals surface area contributed by atoms with Crippen LogP contribution in [0.3, 0.4) is 0 Å². The number of rotatable bonds is 1. The summed E-state index contributed by atoms with van der Waals surface area (Å²) in [6, 6.07) is 0. The summed E-state index contributed by atoms with van der Waals surface area (Å²) < 4.78 is 4.48. The van der Waals surface area contributed by atoms with Gasteiger partial charge in [-0.25, -0.2) is 0 Å². The van der Waals surface area contributed by atoms with Crippen LogP contribution in [0.5, 0.6) is 0 Å². The molecule has 0 aliphatic heterocycles. The van der Waals surface area contributed by atoms with E-state index in [-0.39, 0.29) is 5.88 Å². The summed E-state index contributed by atoms with van der Waals surface area (Å²) >= 11 is 0. The van der Waals surface area contributed by atoms with E-state index in [0.717, 1.165) is 0 Å². The molecule has 2 N–H and O–H groups in total. The molecule has 9 heavy (non-hydrogen) atoms. The fourth-order valence-electron chi connectivity index (χ4n) is 0.538. The average molecular weight is 126 g/mol. The van der Waals surface area contributed by atoms with Gasteiger partial charge >= 0.3 is 0 Å². The van der Waals surface area contributed by atoms with Crippen molar-refractivity contribution >= 4 is 12.2 Å². The molecule has 0 unspecified atom stereocenters. The first-order chi connectivity index (χ1) is 4.25.